The highest BCUT2D eigenvalue weighted by Gasteiger charge is 2.44. The van der Waals surface area contributed by atoms with Gasteiger partial charge in [-0.1, -0.05) is 12.8 Å². The lowest BCUT2D eigenvalue weighted by molar-refractivity contribution is -0.200. The molecule has 15 heavy (non-hydrogen) atoms. The zero-order chi connectivity index (χ0) is 11.0. The number of aliphatic hydroxyl groups is 3. The molecule has 1 saturated carbocycles. The molecule has 5 heteroatoms. The number of hydrogen-bond donors (Lipinski definition) is 3. The molecule has 0 aromatic carbocycles. The molecule has 5 atom stereocenters. The third-order valence-corrected chi connectivity index (χ3v) is 4.02. The molecular weight excluding hydrogens is 216 g/mol. The van der Waals surface area contributed by atoms with E-state index >= 15 is 0 Å². The van der Waals surface area contributed by atoms with Crippen LogP contribution in [0.4, 0.5) is 0 Å². The largest absolute Gasteiger partial charge is 0.388 e. The Kier molecular flexibility index (Phi) is 3.57. The maximum Gasteiger partial charge on any atom is 0.132 e. The molecule has 0 spiro atoms. The fourth-order valence-electron chi connectivity index (χ4n) is 1.99. The van der Waals surface area contributed by atoms with E-state index in [2.05, 4.69) is 0 Å². The summed E-state index contributed by atoms with van der Waals surface area (Å²) in [4.78, 5) is 0. The number of rotatable bonds is 3. The second-order valence-electron chi connectivity index (χ2n) is 4.43. The zero-order valence-electron chi connectivity index (χ0n) is 8.74. The molecule has 0 unspecified atom stereocenters. The van der Waals surface area contributed by atoms with Gasteiger partial charge in [-0.25, -0.2) is 0 Å². The monoisotopic (exact) mass is 234 g/mol. The fourth-order valence-corrected chi connectivity index (χ4v) is 2.68. The minimum absolute atomic E-state index is 0.326. The van der Waals surface area contributed by atoms with Gasteiger partial charge in [0, 0.05) is 0 Å². The van der Waals surface area contributed by atoms with Gasteiger partial charge in [0.05, 0.1) is 6.10 Å². The number of thioether (sulfide) groups is 1. The van der Waals surface area contributed by atoms with Crippen LogP contribution in [0.25, 0.3) is 0 Å². The minimum Gasteiger partial charge on any atom is -0.388 e. The molecule has 4 nitrogen and oxygen atoms in total. The third kappa shape index (κ3) is 2.47. The van der Waals surface area contributed by atoms with Gasteiger partial charge in [-0.2, -0.15) is 0 Å². The summed E-state index contributed by atoms with van der Waals surface area (Å²) in [5.41, 5.74) is -0.424. The van der Waals surface area contributed by atoms with Crippen molar-refractivity contribution in [2.75, 3.05) is 6.26 Å². The average molecular weight is 234 g/mol. The summed E-state index contributed by atoms with van der Waals surface area (Å²) in [6, 6.07) is 0. The van der Waals surface area contributed by atoms with Crippen molar-refractivity contribution in [1.29, 1.82) is 0 Å². The van der Waals surface area contributed by atoms with Crippen molar-refractivity contribution >= 4 is 11.8 Å². The summed E-state index contributed by atoms with van der Waals surface area (Å²) < 4.78 is 5.58. The van der Waals surface area contributed by atoms with Crippen molar-refractivity contribution in [1.82, 2.24) is 0 Å². The lowest BCUT2D eigenvalue weighted by atomic mass is 9.96. The van der Waals surface area contributed by atoms with Crippen LogP contribution in [-0.2, 0) is 4.74 Å². The van der Waals surface area contributed by atoms with Crippen LogP contribution in [0.3, 0.4) is 0 Å². The Bertz CT molecular complexity index is 219. The van der Waals surface area contributed by atoms with E-state index in [0.29, 0.717) is 5.92 Å². The number of hydrogen-bond acceptors (Lipinski definition) is 5. The Hall–Kier alpha value is 0.190. The van der Waals surface area contributed by atoms with E-state index in [9.17, 15) is 15.3 Å². The van der Waals surface area contributed by atoms with Crippen molar-refractivity contribution < 1.29 is 20.1 Å². The summed E-state index contributed by atoms with van der Waals surface area (Å²) >= 11 is 1.37. The van der Waals surface area contributed by atoms with E-state index in [-0.39, 0.29) is 6.10 Å². The molecule has 2 rings (SSSR count). The first-order valence-electron chi connectivity index (χ1n) is 5.36. The molecular formula is C10H18O4S. The van der Waals surface area contributed by atoms with Crippen LogP contribution in [0.1, 0.15) is 19.3 Å². The van der Waals surface area contributed by atoms with Crippen LogP contribution < -0.4 is 0 Å². The molecule has 1 heterocycles. The predicted octanol–water partition coefficient (Wildman–Crippen LogP) is -0.0429. The third-order valence-electron chi connectivity index (χ3n) is 3.16. The van der Waals surface area contributed by atoms with E-state index in [1.807, 2.05) is 6.26 Å². The maximum absolute atomic E-state index is 9.75. The van der Waals surface area contributed by atoms with Crippen LogP contribution in [0.2, 0.25) is 0 Å². The van der Waals surface area contributed by atoms with Gasteiger partial charge in [-0.3, -0.25) is 0 Å². The Morgan fingerprint density at radius 1 is 1.13 bits per heavy atom. The topological polar surface area (TPSA) is 69.9 Å². The highest BCUT2D eigenvalue weighted by Crippen LogP contribution is 2.38. The van der Waals surface area contributed by atoms with E-state index in [1.165, 1.54) is 24.6 Å². The average Bonchev–Trinajstić information content (AvgIpc) is 3.03. The predicted molar refractivity (Wildman–Crippen MR) is 57.5 cm³/mol. The van der Waals surface area contributed by atoms with E-state index in [4.69, 9.17) is 4.74 Å². The molecule has 0 aromatic heterocycles. The molecule has 1 aliphatic carbocycles. The van der Waals surface area contributed by atoms with Crippen molar-refractivity contribution in [3.8, 4) is 0 Å². The van der Waals surface area contributed by atoms with Crippen LogP contribution in [0, 0.1) is 5.92 Å². The van der Waals surface area contributed by atoms with E-state index in [0.717, 1.165) is 6.42 Å². The highest BCUT2D eigenvalue weighted by atomic mass is 32.2. The first kappa shape index (κ1) is 11.7. The van der Waals surface area contributed by atoms with Gasteiger partial charge in [-0.05, 0) is 18.6 Å². The molecule has 0 bridgehead atoms. The van der Waals surface area contributed by atoms with Gasteiger partial charge in [0.25, 0.3) is 0 Å². The quantitative estimate of drug-likeness (QED) is 0.639. The molecule has 1 aliphatic heterocycles. The van der Waals surface area contributed by atoms with Gasteiger partial charge in [0.1, 0.15) is 23.7 Å². The normalized spacial score (nSPS) is 46.8. The molecule has 1 saturated heterocycles. The van der Waals surface area contributed by atoms with Crippen molar-refractivity contribution in [3.05, 3.63) is 0 Å². The van der Waals surface area contributed by atoms with Crippen LogP contribution in [-0.4, -0.2) is 51.4 Å². The summed E-state index contributed by atoms with van der Waals surface area (Å²) in [7, 11) is 0. The Morgan fingerprint density at radius 3 is 2.33 bits per heavy atom. The van der Waals surface area contributed by atoms with E-state index < -0.39 is 23.7 Å². The minimum atomic E-state index is -1.08. The molecule has 2 aliphatic rings. The fraction of sp³-hybridized carbons (Fsp3) is 1.00. The highest BCUT2D eigenvalue weighted by molar-refractivity contribution is 7.99. The summed E-state index contributed by atoms with van der Waals surface area (Å²) in [5, 5.41) is 29.0. The van der Waals surface area contributed by atoms with Crippen LogP contribution in [0.15, 0.2) is 0 Å². The lowest BCUT2D eigenvalue weighted by Crippen LogP contribution is -2.56. The molecule has 0 amide bonds. The van der Waals surface area contributed by atoms with Crippen LogP contribution >= 0.6 is 11.8 Å². The summed E-state index contributed by atoms with van der Waals surface area (Å²) in [6.07, 6.45) is 1.64. The maximum atomic E-state index is 9.75. The second-order valence-corrected chi connectivity index (χ2v) is 5.37. The van der Waals surface area contributed by atoms with Crippen molar-refractivity contribution in [2.24, 2.45) is 5.92 Å². The van der Waals surface area contributed by atoms with Gasteiger partial charge in [-0.15, -0.1) is 11.8 Å². The zero-order valence-corrected chi connectivity index (χ0v) is 9.56. The smallest absolute Gasteiger partial charge is 0.132 e. The van der Waals surface area contributed by atoms with Crippen LogP contribution in [0.5, 0.6) is 0 Å². The van der Waals surface area contributed by atoms with Gasteiger partial charge >= 0.3 is 0 Å². The Morgan fingerprint density at radius 2 is 1.80 bits per heavy atom. The van der Waals surface area contributed by atoms with Gasteiger partial charge in [0.15, 0.2) is 0 Å². The standard InChI is InChI=1S/C10H18O4S/c1-15-10-9(13)8(12)7(11)6(14-10)4-5-2-3-5/h5-13H,2-4H2,1H3/t6-,7+,8+,9-,10-/m1/s1. The van der Waals surface area contributed by atoms with E-state index in [1.54, 1.807) is 0 Å². The van der Waals surface area contributed by atoms with Gasteiger partial charge in [0.2, 0.25) is 0 Å². The molecule has 3 N–H and O–H groups in total. The molecule has 0 aromatic rings. The Balaban J connectivity index is 1.97. The molecule has 88 valence electrons. The van der Waals surface area contributed by atoms with Crippen molar-refractivity contribution in [3.63, 3.8) is 0 Å². The first-order valence-corrected chi connectivity index (χ1v) is 6.64. The lowest BCUT2D eigenvalue weighted by Gasteiger charge is -2.40. The number of aliphatic hydroxyl groups excluding tert-OH is 3. The SMILES string of the molecule is CS[C@H]1O[C@H](CC2CC2)[C@H](O)[C@H](O)[C@H]1O. The Labute approximate surface area is 93.6 Å². The number of ether oxygens (including phenoxy) is 1. The summed E-state index contributed by atoms with van der Waals surface area (Å²) in [5.74, 6) is 0.634. The molecule has 2 fully saturated rings. The first-order chi connectivity index (χ1) is 7.13. The van der Waals surface area contributed by atoms with Crippen molar-refractivity contribution in [2.45, 2.75) is 49.1 Å². The molecule has 0 radical (unpaired) electrons. The summed E-state index contributed by atoms with van der Waals surface area (Å²) in [6.45, 7) is 0. The van der Waals surface area contributed by atoms with Gasteiger partial charge < -0.3 is 20.1 Å². The second kappa shape index (κ2) is 4.59.